The van der Waals surface area contributed by atoms with Crippen molar-refractivity contribution in [3.8, 4) is 0 Å². The Balaban J connectivity index is 1.37. The van der Waals surface area contributed by atoms with Crippen LogP contribution in [0.4, 0.5) is 14.5 Å². The monoisotopic (exact) mass is 400 g/mol. The number of H-pyrrole nitrogens is 1. The zero-order valence-electron chi connectivity index (χ0n) is 15.8. The molecule has 0 radical (unpaired) electrons. The fourth-order valence-corrected chi connectivity index (χ4v) is 3.34. The van der Waals surface area contributed by atoms with E-state index >= 15 is 0 Å². The van der Waals surface area contributed by atoms with Crippen LogP contribution in [0.1, 0.15) is 28.2 Å². The Bertz CT molecular complexity index is 982. The van der Waals surface area contributed by atoms with E-state index in [0.717, 1.165) is 39.3 Å². The van der Waals surface area contributed by atoms with E-state index in [1.165, 1.54) is 11.6 Å². The Morgan fingerprint density at radius 3 is 2.66 bits per heavy atom. The fraction of sp³-hybridized carbons (Fsp3) is 0.333. The molecule has 1 aliphatic rings. The second-order valence-corrected chi connectivity index (χ2v) is 7.01. The summed E-state index contributed by atoms with van der Waals surface area (Å²) in [6.45, 7) is 4.50. The van der Waals surface area contributed by atoms with Gasteiger partial charge in [0.1, 0.15) is 0 Å². The summed E-state index contributed by atoms with van der Waals surface area (Å²) in [5.74, 6) is -0.702. The molecule has 4 rings (SSSR count). The molecular weight excluding hydrogens is 378 g/mol. The lowest BCUT2D eigenvalue weighted by Gasteiger charge is -2.26. The molecule has 1 saturated heterocycles. The summed E-state index contributed by atoms with van der Waals surface area (Å²) in [5.41, 5.74) is 3.07. The van der Waals surface area contributed by atoms with Crippen LogP contribution in [0.15, 0.2) is 42.5 Å². The molecule has 1 fully saturated rings. The molecule has 0 aliphatic carbocycles. The number of anilines is 1. The summed E-state index contributed by atoms with van der Waals surface area (Å²) >= 11 is 0. The number of ether oxygens (including phenoxy) is 1. The summed E-state index contributed by atoms with van der Waals surface area (Å²) in [7, 11) is 0. The van der Waals surface area contributed by atoms with Crippen molar-refractivity contribution in [1.82, 2.24) is 14.9 Å². The van der Waals surface area contributed by atoms with Crippen molar-refractivity contribution in [2.75, 3.05) is 38.2 Å². The molecule has 2 N–H and O–H groups in total. The maximum atomic E-state index is 12.8. The van der Waals surface area contributed by atoms with Crippen molar-refractivity contribution < 1.29 is 18.3 Å². The van der Waals surface area contributed by atoms with Gasteiger partial charge in [-0.25, -0.2) is 13.8 Å². The molecule has 1 aliphatic heterocycles. The predicted octanol–water partition coefficient (Wildman–Crippen LogP) is 3.63. The van der Waals surface area contributed by atoms with Crippen molar-refractivity contribution in [3.63, 3.8) is 0 Å². The number of imidazole rings is 1. The number of nitrogens with zero attached hydrogens (tertiary/aromatic N) is 2. The Morgan fingerprint density at radius 2 is 1.93 bits per heavy atom. The van der Waals surface area contributed by atoms with Crippen molar-refractivity contribution in [2.45, 2.75) is 12.8 Å². The minimum Gasteiger partial charge on any atom is -0.379 e. The highest BCUT2D eigenvalue weighted by molar-refractivity contribution is 6.05. The topological polar surface area (TPSA) is 70.2 Å². The van der Waals surface area contributed by atoms with Gasteiger partial charge in [-0.05, 0) is 42.3 Å². The molecule has 3 aromatic rings. The number of morpholine rings is 1. The number of hydrogen-bond acceptors (Lipinski definition) is 4. The number of hydrogen-bond donors (Lipinski definition) is 2. The first-order valence-electron chi connectivity index (χ1n) is 9.57. The quantitative estimate of drug-likeness (QED) is 0.663. The molecule has 0 unspecified atom stereocenters. The van der Waals surface area contributed by atoms with Gasteiger partial charge in [-0.2, -0.15) is 0 Å². The average Bonchev–Trinajstić information content (AvgIpc) is 3.18. The van der Waals surface area contributed by atoms with Crippen molar-refractivity contribution >= 4 is 22.6 Å². The van der Waals surface area contributed by atoms with Crippen LogP contribution in [0.3, 0.4) is 0 Å². The first-order chi connectivity index (χ1) is 14.1. The maximum Gasteiger partial charge on any atom is 0.295 e. The number of benzene rings is 2. The van der Waals surface area contributed by atoms with Crippen LogP contribution in [0, 0.1) is 0 Å². The molecule has 0 saturated carbocycles. The van der Waals surface area contributed by atoms with Crippen LogP contribution in [0.25, 0.3) is 11.0 Å². The SMILES string of the molecule is O=C(Nc1ccc(CCN2CCOCC2)cc1)c1ccc2nc(C(F)F)[nH]c2c1. The minimum atomic E-state index is -2.68. The largest absolute Gasteiger partial charge is 0.379 e. The zero-order chi connectivity index (χ0) is 20.2. The first kappa shape index (κ1) is 19.5. The number of amides is 1. The number of carbonyl (C=O) groups excluding carboxylic acids is 1. The van der Waals surface area contributed by atoms with Gasteiger partial charge in [0, 0.05) is 30.9 Å². The van der Waals surface area contributed by atoms with Gasteiger partial charge in [0.25, 0.3) is 12.3 Å². The number of rotatable bonds is 6. The lowest BCUT2D eigenvalue weighted by Crippen LogP contribution is -2.37. The predicted molar refractivity (Wildman–Crippen MR) is 106 cm³/mol. The Morgan fingerprint density at radius 1 is 1.17 bits per heavy atom. The highest BCUT2D eigenvalue weighted by Crippen LogP contribution is 2.21. The molecule has 2 heterocycles. The van der Waals surface area contributed by atoms with E-state index in [1.807, 2.05) is 24.3 Å². The first-order valence-corrected chi connectivity index (χ1v) is 9.57. The second-order valence-electron chi connectivity index (χ2n) is 7.01. The van der Waals surface area contributed by atoms with Crippen LogP contribution in [-0.2, 0) is 11.2 Å². The third-order valence-electron chi connectivity index (χ3n) is 5.00. The van der Waals surface area contributed by atoms with E-state index in [4.69, 9.17) is 4.74 Å². The Labute approximate surface area is 166 Å². The summed E-state index contributed by atoms with van der Waals surface area (Å²) in [4.78, 5) is 21.2. The fourth-order valence-electron chi connectivity index (χ4n) is 3.34. The molecule has 1 amide bonds. The van der Waals surface area contributed by atoms with Gasteiger partial charge in [0.2, 0.25) is 0 Å². The summed E-state index contributed by atoms with van der Waals surface area (Å²) < 4.78 is 30.9. The molecule has 0 bridgehead atoms. The average molecular weight is 400 g/mol. The normalized spacial score (nSPS) is 15.1. The number of carbonyl (C=O) groups is 1. The van der Waals surface area contributed by atoms with Gasteiger partial charge in [-0.3, -0.25) is 9.69 Å². The lowest BCUT2D eigenvalue weighted by atomic mass is 10.1. The van der Waals surface area contributed by atoms with Crippen molar-refractivity contribution in [2.24, 2.45) is 0 Å². The third-order valence-corrected chi connectivity index (χ3v) is 5.00. The highest BCUT2D eigenvalue weighted by Gasteiger charge is 2.14. The maximum absolute atomic E-state index is 12.8. The van der Waals surface area contributed by atoms with Crippen LogP contribution < -0.4 is 5.32 Å². The third kappa shape index (κ3) is 4.78. The van der Waals surface area contributed by atoms with Crippen LogP contribution in [0.5, 0.6) is 0 Å². The number of nitrogens with one attached hydrogen (secondary N) is 2. The van der Waals surface area contributed by atoms with E-state index in [0.29, 0.717) is 22.3 Å². The number of fused-ring (bicyclic) bond motifs is 1. The van der Waals surface area contributed by atoms with Gasteiger partial charge in [-0.1, -0.05) is 12.1 Å². The molecule has 8 heteroatoms. The van der Waals surface area contributed by atoms with Crippen LogP contribution in [0.2, 0.25) is 0 Å². The number of aromatic amines is 1. The van der Waals surface area contributed by atoms with Gasteiger partial charge in [0.05, 0.1) is 24.2 Å². The lowest BCUT2D eigenvalue weighted by molar-refractivity contribution is 0.0384. The van der Waals surface area contributed by atoms with E-state index in [-0.39, 0.29) is 5.91 Å². The molecule has 0 spiro atoms. The molecular formula is C21H22F2N4O2. The molecule has 6 nitrogen and oxygen atoms in total. The second kappa shape index (κ2) is 8.67. The van der Waals surface area contributed by atoms with E-state index in [1.54, 1.807) is 12.1 Å². The summed E-state index contributed by atoms with van der Waals surface area (Å²) in [6, 6.07) is 12.4. The van der Waals surface area contributed by atoms with Crippen LogP contribution >= 0.6 is 0 Å². The zero-order valence-corrected chi connectivity index (χ0v) is 15.8. The standard InChI is InChI=1S/C21H22F2N4O2/c22-19(23)20-25-17-6-3-15(13-18(17)26-20)21(28)24-16-4-1-14(2-5-16)7-8-27-9-11-29-12-10-27/h1-6,13,19H,7-12H2,(H,24,28)(H,25,26). The molecule has 152 valence electrons. The summed E-state index contributed by atoms with van der Waals surface area (Å²) in [6.07, 6.45) is -1.74. The van der Waals surface area contributed by atoms with Crippen LogP contribution in [-0.4, -0.2) is 53.6 Å². The molecule has 1 aromatic heterocycles. The van der Waals surface area contributed by atoms with Crippen molar-refractivity contribution in [1.29, 1.82) is 0 Å². The van der Waals surface area contributed by atoms with E-state index in [9.17, 15) is 13.6 Å². The van der Waals surface area contributed by atoms with Gasteiger partial charge in [0.15, 0.2) is 5.82 Å². The van der Waals surface area contributed by atoms with Crippen molar-refractivity contribution in [3.05, 3.63) is 59.4 Å². The Hall–Kier alpha value is -2.84. The molecule has 29 heavy (non-hydrogen) atoms. The number of halogens is 2. The van der Waals surface area contributed by atoms with Gasteiger partial charge in [-0.15, -0.1) is 0 Å². The van der Waals surface area contributed by atoms with Gasteiger partial charge < -0.3 is 15.0 Å². The minimum absolute atomic E-state index is 0.304. The smallest absolute Gasteiger partial charge is 0.295 e. The molecule has 0 atom stereocenters. The molecule has 2 aromatic carbocycles. The summed E-state index contributed by atoms with van der Waals surface area (Å²) in [5, 5.41) is 2.84. The van der Waals surface area contributed by atoms with E-state index in [2.05, 4.69) is 20.2 Å². The Kier molecular flexibility index (Phi) is 5.82. The number of aromatic nitrogens is 2. The number of alkyl halides is 2. The van der Waals surface area contributed by atoms with Gasteiger partial charge >= 0.3 is 0 Å². The van der Waals surface area contributed by atoms with E-state index < -0.39 is 12.2 Å². The highest BCUT2D eigenvalue weighted by atomic mass is 19.3.